The molecule has 0 bridgehead atoms. The predicted molar refractivity (Wildman–Crippen MR) is 69.3 cm³/mol. The van der Waals surface area contributed by atoms with Crippen molar-refractivity contribution >= 4 is 13.1 Å². The zero-order valence-electron chi connectivity index (χ0n) is 10.7. The van der Waals surface area contributed by atoms with Crippen molar-refractivity contribution in [3.05, 3.63) is 23.8 Å². The maximum Gasteiger partial charge on any atom is 0.310 e. The van der Waals surface area contributed by atoms with Crippen molar-refractivity contribution in [1.82, 2.24) is 0 Å². The normalized spacial score (nSPS) is 13.7. The second-order valence-electron chi connectivity index (χ2n) is 4.20. The van der Waals surface area contributed by atoms with E-state index in [1.165, 1.54) is 20.9 Å². The van der Waals surface area contributed by atoms with Crippen LogP contribution in [0.15, 0.2) is 18.2 Å². The summed E-state index contributed by atoms with van der Waals surface area (Å²) in [6, 6.07) is 5.20. The van der Waals surface area contributed by atoms with Crippen molar-refractivity contribution in [2.45, 2.75) is 6.16 Å². The van der Waals surface area contributed by atoms with Crippen molar-refractivity contribution < 1.29 is 23.9 Å². The van der Waals surface area contributed by atoms with E-state index in [4.69, 9.17) is 14.6 Å². The van der Waals surface area contributed by atoms with E-state index < -0.39 is 13.1 Å². The highest BCUT2D eigenvalue weighted by atomic mass is 31.2. The molecule has 1 aromatic rings. The van der Waals surface area contributed by atoms with Crippen molar-refractivity contribution in [1.29, 1.82) is 0 Å². The van der Waals surface area contributed by atoms with E-state index in [9.17, 15) is 9.36 Å². The van der Waals surface area contributed by atoms with Gasteiger partial charge in [0, 0.05) is 6.16 Å². The van der Waals surface area contributed by atoms with Crippen LogP contribution in [0.3, 0.4) is 0 Å². The summed E-state index contributed by atoms with van der Waals surface area (Å²) in [7, 11) is 0.332. The minimum atomic E-state index is -2.72. The molecule has 0 radical (unpaired) electrons. The van der Waals surface area contributed by atoms with Crippen molar-refractivity contribution in [3.8, 4) is 11.5 Å². The largest absolute Gasteiger partial charge is 0.493 e. The van der Waals surface area contributed by atoms with Crippen LogP contribution < -0.4 is 9.47 Å². The lowest BCUT2D eigenvalue weighted by Crippen LogP contribution is -2.04. The first-order valence-electron chi connectivity index (χ1n) is 5.36. The molecule has 1 atom stereocenters. The molecular weight excluding hydrogens is 255 g/mol. The van der Waals surface area contributed by atoms with Gasteiger partial charge < -0.3 is 19.1 Å². The molecule has 18 heavy (non-hydrogen) atoms. The zero-order chi connectivity index (χ0) is 13.8. The Morgan fingerprint density at radius 3 is 2.39 bits per heavy atom. The maximum absolute atomic E-state index is 12.1. The summed E-state index contributed by atoms with van der Waals surface area (Å²) in [5.74, 6) is 0.0945. The van der Waals surface area contributed by atoms with E-state index in [1.54, 1.807) is 18.2 Å². The Morgan fingerprint density at radius 2 is 1.89 bits per heavy atom. The first-order chi connectivity index (χ1) is 8.38. The van der Waals surface area contributed by atoms with Crippen LogP contribution in [0.1, 0.15) is 5.56 Å². The van der Waals surface area contributed by atoms with Crippen LogP contribution in [0.2, 0.25) is 0 Å². The summed E-state index contributed by atoms with van der Waals surface area (Å²) >= 11 is 0. The van der Waals surface area contributed by atoms with Gasteiger partial charge in [-0.25, -0.2) is 0 Å². The van der Waals surface area contributed by atoms with Gasteiger partial charge in [0.15, 0.2) is 11.5 Å². The number of aliphatic carboxylic acids is 1. The summed E-state index contributed by atoms with van der Waals surface area (Å²) in [5, 5.41) is 8.69. The first-order valence-corrected chi connectivity index (χ1v) is 7.88. The van der Waals surface area contributed by atoms with E-state index in [0.29, 0.717) is 11.5 Å². The molecule has 0 amide bonds. The average molecular weight is 272 g/mol. The second kappa shape index (κ2) is 5.91. The molecule has 0 aliphatic heterocycles. The number of carboxylic acid groups (broad SMARTS) is 1. The van der Waals surface area contributed by atoms with Gasteiger partial charge in [-0.1, -0.05) is 6.07 Å². The molecule has 0 aromatic heterocycles. The maximum atomic E-state index is 12.1. The molecule has 1 aromatic carbocycles. The van der Waals surface area contributed by atoms with Gasteiger partial charge >= 0.3 is 5.97 Å². The third-order valence-corrected chi connectivity index (χ3v) is 4.41. The van der Waals surface area contributed by atoms with Crippen LogP contribution in [-0.4, -0.2) is 38.1 Å². The molecule has 1 unspecified atom stereocenters. The Hall–Kier alpha value is -1.48. The number of carboxylic acids is 1. The standard InChI is InChI=1S/C12H17O5P/c1-16-10-5-4-9(6-11(10)17-2)7-18(3,15)8-12(13)14/h4-6H,7-8H2,1-3H3,(H,13,14). The van der Waals surface area contributed by atoms with Crippen molar-refractivity contribution in [2.24, 2.45) is 0 Å². The summed E-state index contributed by atoms with van der Waals surface area (Å²) in [6.07, 6.45) is -0.0685. The molecule has 0 heterocycles. The monoisotopic (exact) mass is 272 g/mol. The van der Waals surface area contributed by atoms with Crippen LogP contribution in [-0.2, 0) is 15.5 Å². The molecule has 5 nitrogen and oxygen atoms in total. The van der Waals surface area contributed by atoms with Gasteiger partial charge in [0.05, 0.1) is 27.5 Å². The molecule has 0 saturated heterocycles. The first kappa shape index (κ1) is 14.6. The third-order valence-electron chi connectivity index (χ3n) is 2.43. The van der Waals surface area contributed by atoms with E-state index in [1.807, 2.05) is 0 Å². The van der Waals surface area contributed by atoms with Gasteiger partial charge in [-0.3, -0.25) is 4.79 Å². The average Bonchev–Trinajstić information content (AvgIpc) is 2.26. The highest BCUT2D eigenvalue weighted by molar-refractivity contribution is 7.63. The molecule has 0 aliphatic carbocycles. The molecule has 1 N–H and O–H groups in total. The van der Waals surface area contributed by atoms with Crippen molar-refractivity contribution in [3.63, 3.8) is 0 Å². The molecule has 0 fully saturated rings. The molecule has 0 spiro atoms. The van der Waals surface area contributed by atoms with E-state index in [2.05, 4.69) is 0 Å². The topological polar surface area (TPSA) is 72.8 Å². The van der Waals surface area contributed by atoms with E-state index in [-0.39, 0.29) is 12.3 Å². The fourth-order valence-corrected chi connectivity index (χ4v) is 3.36. The summed E-state index contributed by atoms with van der Waals surface area (Å²) in [6.45, 7) is 1.50. The number of carbonyl (C=O) groups is 1. The van der Waals surface area contributed by atoms with Gasteiger partial charge in [-0.2, -0.15) is 0 Å². The van der Waals surface area contributed by atoms with Gasteiger partial charge in [-0.05, 0) is 24.4 Å². The lowest BCUT2D eigenvalue weighted by atomic mass is 10.2. The number of hydrogen-bond donors (Lipinski definition) is 1. The van der Waals surface area contributed by atoms with Crippen LogP contribution in [0.5, 0.6) is 11.5 Å². The van der Waals surface area contributed by atoms with Gasteiger partial charge in [0.1, 0.15) is 0 Å². The number of hydrogen-bond acceptors (Lipinski definition) is 4. The summed E-state index contributed by atoms with van der Waals surface area (Å²) in [4.78, 5) is 10.6. The Morgan fingerprint density at radius 1 is 1.28 bits per heavy atom. The summed E-state index contributed by atoms with van der Waals surface area (Å²) < 4.78 is 22.3. The number of methoxy groups -OCH3 is 2. The number of ether oxygens (including phenoxy) is 2. The molecule has 0 aliphatic rings. The van der Waals surface area contributed by atoms with Crippen molar-refractivity contribution in [2.75, 3.05) is 27.0 Å². The molecule has 6 heteroatoms. The zero-order valence-corrected chi connectivity index (χ0v) is 11.6. The molecule has 100 valence electrons. The lowest BCUT2D eigenvalue weighted by molar-refractivity contribution is -0.134. The SMILES string of the molecule is COc1ccc(CP(C)(=O)CC(=O)O)cc1OC. The van der Waals surface area contributed by atoms with Gasteiger partial charge in [0.2, 0.25) is 0 Å². The summed E-state index contributed by atoms with van der Waals surface area (Å²) in [5.41, 5.74) is 0.778. The Balaban J connectivity index is 2.91. The molecular formula is C12H17O5P. The minimum absolute atomic E-state index is 0.236. The van der Waals surface area contributed by atoms with E-state index in [0.717, 1.165) is 5.56 Å². The number of rotatable bonds is 6. The predicted octanol–water partition coefficient (Wildman–Crippen LogP) is 2.28. The van der Waals surface area contributed by atoms with Crippen LogP contribution >= 0.6 is 7.14 Å². The highest BCUT2D eigenvalue weighted by Crippen LogP contribution is 2.45. The minimum Gasteiger partial charge on any atom is -0.493 e. The highest BCUT2D eigenvalue weighted by Gasteiger charge is 2.20. The van der Waals surface area contributed by atoms with Crippen LogP contribution in [0.4, 0.5) is 0 Å². The quantitative estimate of drug-likeness (QED) is 0.804. The third kappa shape index (κ3) is 4.08. The fourth-order valence-electron chi connectivity index (χ4n) is 1.71. The Kier molecular flexibility index (Phi) is 4.79. The molecule has 0 saturated carbocycles. The number of benzene rings is 1. The Bertz CT molecular complexity index is 483. The van der Waals surface area contributed by atoms with Crippen LogP contribution in [0, 0.1) is 0 Å². The second-order valence-corrected chi connectivity index (χ2v) is 7.42. The fraction of sp³-hybridized carbons (Fsp3) is 0.417. The smallest absolute Gasteiger partial charge is 0.310 e. The lowest BCUT2D eigenvalue weighted by Gasteiger charge is -2.13. The van der Waals surface area contributed by atoms with Gasteiger partial charge in [-0.15, -0.1) is 0 Å². The van der Waals surface area contributed by atoms with Gasteiger partial charge in [0.25, 0.3) is 0 Å². The van der Waals surface area contributed by atoms with Crippen LogP contribution in [0.25, 0.3) is 0 Å². The molecule has 1 rings (SSSR count). The Labute approximate surface area is 106 Å². The van der Waals surface area contributed by atoms with E-state index >= 15 is 0 Å².